The summed E-state index contributed by atoms with van der Waals surface area (Å²) >= 11 is 4.86. The molecule has 2 N–H and O–H groups in total. The maximum absolute atomic E-state index is 14.2. The van der Waals surface area contributed by atoms with Gasteiger partial charge in [-0.15, -0.1) is 0 Å². The van der Waals surface area contributed by atoms with Gasteiger partial charge in [0.2, 0.25) is 0 Å². The van der Waals surface area contributed by atoms with E-state index in [2.05, 4.69) is 18.7 Å². The number of hydrogen-bond donors (Lipinski definition) is 1. The molecule has 2 nitrogen and oxygen atoms in total. The van der Waals surface area contributed by atoms with Crippen molar-refractivity contribution in [3.63, 3.8) is 0 Å². The zero-order chi connectivity index (χ0) is 13.3. The molecule has 0 amide bonds. The van der Waals surface area contributed by atoms with Gasteiger partial charge >= 0.3 is 0 Å². The van der Waals surface area contributed by atoms with Crippen LogP contribution in [0.25, 0.3) is 0 Å². The summed E-state index contributed by atoms with van der Waals surface area (Å²) in [6.07, 6.45) is 2.33. The fraction of sp³-hybridized carbons (Fsp3) is 0.500. The van der Waals surface area contributed by atoms with Crippen LogP contribution in [0.4, 0.5) is 4.39 Å². The summed E-state index contributed by atoms with van der Waals surface area (Å²) in [5, 5.41) is 0. The van der Waals surface area contributed by atoms with Crippen LogP contribution in [0.2, 0.25) is 0 Å². The van der Waals surface area contributed by atoms with Crippen LogP contribution < -0.4 is 5.73 Å². The Kier molecular flexibility index (Phi) is 3.69. The topological polar surface area (TPSA) is 29.3 Å². The first-order valence-electron chi connectivity index (χ1n) is 6.24. The molecule has 0 saturated carbocycles. The van der Waals surface area contributed by atoms with Crippen molar-refractivity contribution in [3.05, 3.63) is 35.1 Å². The Balaban J connectivity index is 2.25. The molecule has 1 aromatic rings. The zero-order valence-electron chi connectivity index (χ0n) is 10.9. The molecule has 98 valence electrons. The second kappa shape index (κ2) is 4.94. The molecular weight excluding hydrogens is 247 g/mol. The summed E-state index contributed by atoms with van der Waals surface area (Å²) < 4.78 is 14.2. The van der Waals surface area contributed by atoms with Crippen molar-refractivity contribution in [2.24, 2.45) is 5.73 Å². The van der Waals surface area contributed by atoms with Gasteiger partial charge in [0, 0.05) is 23.2 Å². The number of nitrogens with zero attached hydrogens (tertiary/aromatic N) is 1. The van der Waals surface area contributed by atoms with Crippen LogP contribution in [0.1, 0.15) is 37.8 Å². The third kappa shape index (κ3) is 2.54. The summed E-state index contributed by atoms with van der Waals surface area (Å²) in [6.45, 7) is 6.05. The quantitative estimate of drug-likeness (QED) is 0.853. The lowest BCUT2D eigenvalue weighted by atomic mass is 10.0. The second-order valence-electron chi connectivity index (χ2n) is 5.48. The maximum Gasteiger partial charge on any atom is 0.137 e. The van der Waals surface area contributed by atoms with Crippen LogP contribution in [-0.2, 0) is 6.54 Å². The Morgan fingerprint density at radius 1 is 1.50 bits per heavy atom. The van der Waals surface area contributed by atoms with Gasteiger partial charge in [0.25, 0.3) is 0 Å². The number of hydrogen-bond acceptors (Lipinski definition) is 2. The van der Waals surface area contributed by atoms with E-state index in [-0.39, 0.29) is 16.3 Å². The van der Waals surface area contributed by atoms with Crippen LogP contribution in [-0.4, -0.2) is 22.0 Å². The number of halogens is 1. The lowest BCUT2D eigenvalue weighted by molar-refractivity contribution is 0.164. The molecular formula is C14H19FN2S. The lowest BCUT2D eigenvalue weighted by Crippen LogP contribution is -2.37. The Morgan fingerprint density at radius 3 is 2.78 bits per heavy atom. The highest BCUT2D eigenvalue weighted by molar-refractivity contribution is 7.80. The molecule has 1 aliphatic rings. The molecule has 0 unspecified atom stereocenters. The molecule has 1 aliphatic heterocycles. The van der Waals surface area contributed by atoms with Gasteiger partial charge in [0.1, 0.15) is 10.8 Å². The van der Waals surface area contributed by atoms with E-state index in [9.17, 15) is 4.39 Å². The lowest BCUT2D eigenvalue weighted by Gasteiger charge is -2.31. The smallest absolute Gasteiger partial charge is 0.137 e. The molecule has 1 heterocycles. The van der Waals surface area contributed by atoms with Gasteiger partial charge in [0.05, 0.1) is 0 Å². The SMILES string of the molecule is CC1(C)CCCN1Cc1cccc(C(N)=S)c1F. The summed E-state index contributed by atoms with van der Waals surface area (Å²) in [7, 11) is 0. The number of rotatable bonds is 3. The molecule has 0 atom stereocenters. The molecule has 18 heavy (non-hydrogen) atoms. The van der Waals surface area contributed by atoms with Gasteiger partial charge in [-0.05, 0) is 39.3 Å². The van der Waals surface area contributed by atoms with Crippen LogP contribution >= 0.6 is 12.2 Å². The van der Waals surface area contributed by atoms with Crippen molar-refractivity contribution in [1.29, 1.82) is 0 Å². The fourth-order valence-electron chi connectivity index (χ4n) is 2.55. The fourth-order valence-corrected chi connectivity index (χ4v) is 2.71. The van der Waals surface area contributed by atoms with E-state index in [1.807, 2.05) is 12.1 Å². The molecule has 4 heteroatoms. The van der Waals surface area contributed by atoms with Crippen LogP contribution in [0.5, 0.6) is 0 Å². The van der Waals surface area contributed by atoms with E-state index >= 15 is 0 Å². The molecule has 0 bridgehead atoms. The van der Waals surface area contributed by atoms with Gasteiger partial charge in [-0.2, -0.15) is 0 Å². The zero-order valence-corrected chi connectivity index (χ0v) is 11.7. The van der Waals surface area contributed by atoms with Crippen molar-refractivity contribution in [1.82, 2.24) is 4.90 Å². The largest absolute Gasteiger partial charge is 0.389 e. The van der Waals surface area contributed by atoms with Gasteiger partial charge < -0.3 is 5.73 Å². The first kappa shape index (κ1) is 13.4. The highest BCUT2D eigenvalue weighted by Gasteiger charge is 2.32. The van der Waals surface area contributed by atoms with E-state index in [1.54, 1.807) is 6.07 Å². The van der Waals surface area contributed by atoms with E-state index in [4.69, 9.17) is 18.0 Å². The summed E-state index contributed by atoms with van der Waals surface area (Å²) in [5.41, 5.74) is 6.69. The van der Waals surface area contributed by atoms with Gasteiger partial charge in [-0.3, -0.25) is 4.90 Å². The average molecular weight is 266 g/mol. The average Bonchev–Trinajstić information content (AvgIpc) is 2.61. The molecule has 2 rings (SSSR count). The second-order valence-corrected chi connectivity index (χ2v) is 5.92. The molecule has 0 radical (unpaired) electrons. The Bertz CT molecular complexity index is 471. The van der Waals surface area contributed by atoms with E-state index in [1.165, 1.54) is 6.42 Å². The summed E-state index contributed by atoms with van der Waals surface area (Å²) in [5.74, 6) is -0.271. The van der Waals surface area contributed by atoms with Crippen molar-refractivity contribution in [2.75, 3.05) is 6.54 Å². The number of nitrogens with two attached hydrogens (primary N) is 1. The van der Waals surface area contributed by atoms with E-state index in [0.717, 1.165) is 13.0 Å². The predicted molar refractivity (Wildman–Crippen MR) is 76.0 cm³/mol. The molecule has 0 spiro atoms. The third-order valence-corrected chi connectivity index (χ3v) is 4.00. The highest BCUT2D eigenvalue weighted by atomic mass is 32.1. The predicted octanol–water partition coefficient (Wildman–Crippen LogP) is 2.83. The molecule has 1 fully saturated rings. The number of benzene rings is 1. The molecule has 0 aromatic heterocycles. The van der Waals surface area contributed by atoms with Crippen molar-refractivity contribution in [3.8, 4) is 0 Å². The van der Waals surface area contributed by atoms with Crippen molar-refractivity contribution >= 4 is 17.2 Å². The third-order valence-electron chi connectivity index (χ3n) is 3.78. The summed E-state index contributed by atoms with van der Waals surface area (Å²) in [6, 6.07) is 5.26. The summed E-state index contributed by atoms with van der Waals surface area (Å²) in [4.78, 5) is 2.43. The first-order chi connectivity index (χ1) is 8.42. The van der Waals surface area contributed by atoms with Gasteiger partial charge in [-0.1, -0.05) is 24.4 Å². The van der Waals surface area contributed by atoms with Crippen molar-refractivity contribution < 1.29 is 4.39 Å². The first-order valence-corrected chi connectivity index (χ1v) is 6.65. The van der Waals surface area contributed by atoms with Crippen LogP contribution in [0, 0.1) is 5.82 Å². The number of likely N-dealkylation sites (tertiary alicyclic amines) is 1. The van der Waals surface area contributed by atoms with Crippen LogP contribution in [0.15, 0.2) is 18.2 Å². The monoisotopic (exact) mass is 266 g/mol. The number of thiocarbonyl (C=S) groups is 1. The standard InChI is InChI=1S/C14H19FN2S/c1-14(2)7-4-8-17(14)9-10-5-3-6-11(12(10)15)13(16)18/h3,5-6H,4,7-9H2,1-2H3,(H2,16,18). The molecule has 0 aliphatic carbocycles. The minimum Gasteiger partial charge on any atom is -0.389 e. The highest BCUT2D eigenvalue weighted by Crippen LogP contribution is 2.30. The minimum atomic E-state index is -0.271. The Labute approximate surface area is 113 Å². The molecule has 1 saturated heterocycles. The van der Waals surface area contributed by atoms with Gasteiger partial charge in [0.15, 0.2) is 0 Å². The van der Waals surface area contributed by atoms with E-state index < -0.39 is 0 Å². The van der Waals surface area contributed by atoms with Gasteiger partial charge in [-0.25, -0.2) is 4.39 Å². The normalized spacial score (nSPS) is 19.1. The Morgan fingerprint density at radius 2 is 2.22 bits per heavy atom. The Hall–Kier alpha value is -1.00. The van der Waals surface area contributed by atoms with Crippen LogP contribution in [0.3, 0.4) is 0 Å². The maximum atomic E-state index is 14.2. The molecule has 1 aromatic carbocycles. The van der Waals surface area contributed by atoms with Crippen molar-refractivity contribution in [2.45, 2.75) is 38.8 Å². The van der Waals surface area contributed by atoms with E-state index in [0.29, 0.717) is 17.7 Å². The minimum absolute atomic E-state index is 0.120.